The van der Waals surface area contributed by atoms with Crippen molar-refractivity contribution in [2.24, 2.45) is 0 Å². The molecule has 6 aromatic rings. The van der Waals surface area contributed by atoms with Gasteiger partial charge in [-0.05, 0) is 60.7 Å². The van der Waals surface area contributed by atoms with Crippen molar-refractivity contribution >= 4 is 68.9 Å². The van der Waals surface area contributed by atoms with Crippen molar-refractivity contribution in [2.45, 2.75) is 9.79 Å². The minimum atomic E-state index is -3.68. The molecule has 0 radical (unpaired) electrons. The van der Waals surface area contributed by atoms with Gasteiger partial charge in [0.15, 0.2) is 0 Å². The molecule has 0 bridgehead atoms. The van der Waals surface area contributed by atoms with Crippen LogP contribution in [0, 0.1) is 0 Å². The van der Waals surface area contributed by atoms with E-state index in [2.05, 4.69) is 131 Å². The van der Waals surface area contributed by atoms with E-state index in [0.717, 1.165) is 0 Å². The Balaban J connectivity index is 0.000000178. The maximum absolute atomic E-state index is 11.1. The molecule has 0 aromatic heterocycles. The Labute approximate surface area is 326 Å². The summed E-state index contributed by atoms with van der Waals surface area (Å²) in [7, 11) is -8.93. The predicted octanol–water partition coefficient (Wildman–Crippen LogP) is 6.52. The van der Waals surface area contributed by atoms with Crippen molar-refractivity contribution in [1.82, 2.24) is 0 Å². The third kappa shape index (κ3) is 9.82. The number of hydrogen-bond donors (Lipinski definition) is 0. The zero-order valence-corrected chi connectivity index (χ0v) is 33.2. The first kappa shape index (κ1) is 39.9. The largest absolute Gasteiger partial charge is 2.00 e. The number of benzene rings is 6. The van der Waals surface area contributed by atoms with Crippen molar-refractivity contribution in [3.8, 4) is 0 Å². The van der Waals surface area contributed by atoms with Gasteiger partial charge in [0.25, 0.3) is 0 Å². The molecule has 0 spiro atoms. The van der Waals surface area contributed by atoms with E-state index in [0.29, 0.717) is 0 Å². The van der Waals surface area contributed by atoms with Gasteiger partial charge in [-0.2, -0.15) is 0 Å². The van der Waals surface area contributed by atoms with Gasteiger partial charge in [-0.25, -0.2) is 16.8 Å². The van der Waals surface area contributed by atoms with Crippen molar-refractivity contribution in [3.63, 3.8) is 0 Å². The summed E-state index contributed by atoms with van der Waals surface area (Å²) in [6.45, 7) is 0. The summed E-state index contributed by atoms with van der Waals surface area (Å²) in [6, 6.07) is 56.5. The van der Waals surface area contributed by atoms with Crippen molar-refractivity contribution < 1.29 is 46.8 Å². The molecule has 270 valence electrons. The summed E-state index contributed by atoms with van der Waals surface area (Å²) in [5, 5.41) is 6.06. The molecule has 0 aliphatic carbocycles. The molecule has 2 heterocycles. The van der Waals surface area contributed by atoms with E-state index in [-0.39, 0.29) is 41.3 Å². The van der Waals surface area contributed by atoms with E-state index in [1.807, 2.05) is 0 Å². The summed E-state index contributed by atoms with van der Waals surface area (Å²) in [6.07, 6.45) is 2.52. The van der Waals surface area contributed by atoms with Gasteiger partial charge in [-0.1, -0.05) is 109 Å². The summed E-state index contributed by atoms with van der Waals surface area (Å²) in [5.74, 6) is -1.35. The van der Waals surface area contributed by atoms with Gasteiger partial charge >= 0.3 is 20.4 Å². The number of carbonyl (C=O) groups excluding carboxylic acids is 2. The predicted molar refractivity (Wildman–Crippen MR) is 213 cm³/mol. The topological polar surface area (TPSA) is 131 Å². The minimum Gasteiger partial charge on any atom is -0.537 e. The second-order valence-corrected chi connectivity index (χ2v) is 20.0. The molecule has 0 unspecified atom stereocenters. The third-order valence-electron chi connectivity index (χ3n) is 8.31. The van der Waals surface area contributed by atoms with Gasteiger partial charge in [0.1, 0.15) is 32.4 Å². The Bertz CT molecular complexity index is 2140. The van der Waals surface area contributed by atoms with Crippen molar-refractivity contribution in [3.05, 3.63) is 190 Å². The Morgan fingerprint density at radius 2 is 0.623 bits per heavy atom. The Kier molecular flexibility index (Phi) is 13.7. The first-order valence-corrected chi connectivity index (χ1v) is 22.6. The normalized spacial score (nSPS) is 14.2. The first-order valence-electron chi connectivity index (χ1n) is 16.3. The molecule has 0 atom stereocenters. The number of amides is 2. The van der Waals surface area contributed by atoms with Crippen LogP contribution in [0.25, 0.3) is 9.44 Å². The van der Waals surface area contributed by atoms with Gasteiger partial charge in [-0.3, -0.25) is 0 Å². The molecule has 53 heavy (non-hydrogen) atoms. The van der Waals surface area contributed by atoms with E-state index in [9.17, 15) is 26.4 Å². The standard InChI is InChI=1S/C26H24P2.2C7H5NO3S.Pd/c1-5-13-23(14-6-1)27(24-15-7-2-8-16-24)21-22-28(25-17-9-3-10-18-25)26-19-11-4-12-20-26;2*9-7-5-3-1-2-4-6(5)12(10,11)8-7;/h1-20H,21-22H2;2*1-4H,(H,8,9);/q;;;+2. The summed E-state index contributed by atoms with van der Waals surface area (Å²) in [5.41, 5.74) is 0.329. The molecule has 6 aromatic carbocycles. The molecule has 13 heteroatoms. The van der Waals surface area contributed by atoms with Crippen LogP contribution in [-0.4, -0.2) is 41.0 Å². The van der Waals surface area contributed by atoms with E-state index in [1.165, 1.54) is 57.8 Å². The fourth-order valence-corrected chi connectivity index (χ4v) is 14.3. The second-order valence-electron chi connectivity index (χ2n) is 11.7. The van der Waals surface area contributed by atoms with Crippen molar-refractivity contribution in [1.29, 1.82) is 0 Å². The maximum atomic E-state index is 11.1. The van der Waals surface area contributed by atoms with Gasteiger partial charge in [0.2, 0.25) is 0 Å². The molecule has 0 saturated carbocycles. The van der Waals surface area contributed by atoms with Crippen LogP contribution < -0.4 is 21.2 Å². The summed E-state index contributed by atoms with van der Waals surface area (Å²) in [4.78, 5) is 21.9. The quantitative estimate of drug-likeness (QED) is 0.133. The average molecular weight is 871 g/mol. The Morgan fingerprint density at radius 1 is 0.377 bits per heavy atom. The molecule has 0 saturated heterocycles. The van der Waals surface area contributed by atoms with Crippen LogP contribution in [0.15, 0.2) is 180 Å². The average Bonchev–Trinajstić information content (AvgIpc) is 3.57. The number of sulfonamides is 2. The van der Waals surface area contributed by atoms with Crippen molar-refractivity contribution in [2.75, 3.05) is 12.3 Å². The second kappa shape index (κ2) is 18.1. The van der Waals surface area contributed by atoms with Crippen LogP contribution in [0.5, 0.6) is 0 Å². The van der Waals surface area contributed by atoms with Crippen LogP contribution in [0.3, 0.4) is 0 Å². The van der Waals surface area contributed by atoms with Crippen LogP contribution in [-0.2, 0) is 40.5 Å². The number of hydrogen-bond acceptors (Lipinski definition) is 6. The van der Waals surface area contributed by atoms with E-state index in [1.54, 1.807) is 24.3 Å². The van der Waals surface area contributed by atoms with Crippen LogP contribution in [0.4, 0.5) is 0 Å². The first-order chi connectivity index (χ1) is 25.1. The van der Waals surface area contributed by atoms with Crippen LogP contribution in [0.2, 0.25) is 0 Å². The molecule has 0 N–H and O–H groups in total. The van der Waals surface area contributed by atoms with E-state index >= 15 is 0 Å². The molecule has 8 rings (SSSR count). The molecule has 2 aliphatic heterocycles. The summed E-state index contributed by atoms with van der Waals surface area (Å²) >= 11 is 0. The SMILES string of the molecule is O=C1[N-]S(=O)(=O)c2ccccc21.O=C1[N-]S(=O)(=O)c2ccccc21.[Pd+2].c1ccc([PH+](CC[PH+](c2ccccc2)c2ccccc2)c2ccccc2)cc1. The molecule has 0 fully saturated rings. The molecular formula is C40H34N2O6P2PdS2+2. The van der Waals surface area contributed by atoms with Crippen LogP contribution >= 0.6 is 15.8 Å². The zero-order chi connectivity index (χ0) is 36.6. The Hall–Kier alpha value is -4.32. The zero-order valence-electron chi connectivity index (χ0n) is 28.1. The fraction of sp³-hybridized carbons (Fsp3) is 0.0500. The van der Waals surface area contributed by atoms with Gasteiger partial charge in [0, 0.05) is 11.1 Å². The molecule has 2 aliphatic rings. The molecule has 2 amide bonds. The summed E-state index contributed by atoms with van der Waals surface area (Å²) < 4.78 is 50.3. The third-order valence-corrected chi connectivity index (χ3v) is 17.1. The fourth-order valence-electron chi connectivity index (χ4n) is 5.87. The van der Waals surface area contributed by atoms with Gasteiger partial charge in [-0.15, -0.1) is 0 Å². The van der Waals surface area contributed by atoms with Crippen LogP contribution in [0.1, 0.15) is 20.7 Å². The van der Waals surface area contributed by atoms with Gasteiger partial charge in [0.05, 0.1) is 58.7 Å². The van der Waals surface area contributed by atoms with E-state index < -0.39 is 47.7 Å². The van der Waals surface area contributed by atoms with E-state index in [4.69, 9.17) is 0 Å². The number of carbonyl (C=O) groups is 2. The molecule has 8 nitrogen and oxygen atoms in total. The maximum Gasteiger partial charge on any atom is 2.00 e. The number of nitrogens with zero attached hydrogens (tertiary/aromatic N) is 2. The minimum absolute atomic E-state index is 0. The number of fused-ring (bicyclic) bond motifs is 2. The van der Waals surface area contributed by atoms with Gasteiger partial charge < -0.3 is 19.0 Å². The smallest absolute Gasteiger partial charge is 0.537 e. The molecular weight excluding hydrogens is 837 g/mol. The monoisotopic (exact) mass is 870 g/mol. The number of rotatable bonds is 7. The Morgan fingerprint density at radius 3 is 0.887 bits per heavy atom.